The van der Waals surface area contributed by atoms with Crippen LogP contribution in [0.5, 0.6) is 0 Å². The first-order valence-electron chi connectivity index (χ1n) is 14.7. The molecule has 0 saturated heterocycles. The van der Waals surface area contributed by atoms with Gasteiger partial charge in [0.15, 0.2) is 5.78 Å². The highest BCUT2D eigenvalue weighted by atomic mass is 16.5. The largest absolute Gasteiger partial charge is 0.460 e. The fourth-order valence-electron chi connectivity index (χ4n) is 4.68. The number of fused-ring (bicyclic) bond motifs is 1. The Hall–Kier alpha value is -3.18. The van der Waals surface area contributed by atoms with Gasteiger partial charge in [0.25, 0.3) is 0 Å². The number of aryl methyl sites for hydroxylation is 1. The number of furan rings is 1. The van der Waals surface area contributed by atoms with Crippen LogP contribution in [0, 0.1) is 0 Å². The Labute approximate surface area is 234 Å². The van der Waals surface area contributed by atoms with E-state index in [4.69, 9.17) is 9.15 Å². The summed E-state index contributed by atoms with van der Waals surface area (Å²) in [6.07, 6.45) is 11.4. The molecule has 3 rings (SSSR count). The number of nitrogens with zero attached hydrogens (tertiary/aromatic N) is 1. The van der Waals surface area contributed by atoms with Crippen LogP contribution >= 0.6 is 0 Å². The zero-order chi connectivity index (χ0) is 28.2. The Morgan fingerprint density at radius 1 is 0.923 bits per heavy atom. The highest BCUT2D eigenvalue weighted by Crippen LogP contribution is 2.33. The third-order valence-electron chi connectivity index (χ3n) is 6.84. The number of ketones is 1. The Kier molecular flexibility index (Phi) is 12.0. The Morgan fingerprint density at radius 3 is 2.21 bits per heavy atom. The zero-order valence-electron chi connectivity index (χ0n) is 24.4. The normalized spacial score (nSPS) is 11.8. The maximum atomic E-state index is 13.9. The number of hydrogen-bond acceptors (Lipinski definition) is 5. The summed E-state index contributed by atoms with van der Waals surface area (Å²) in [4.78, 5) is 29.3. The number of ether oxygens (including phenoxy) is 1. The third-order valence-corrected chi connectivity index (χ3v) is 6.84. The van der Waals surface area contributed by atoms with Crippen LogP contribution in [0.15, 0.2) is 53.0 Å². The minimum atomic E-state index is -0.445. The average molecular weight is 532 g/mol. The third kappa shape index (κ3) is 8.40. The van der Waals surface area contributed by atoms with E-state index in [0.717, 1.165) is 38.0 Å². The predicted molar refractivity (Wildman–Crippen MR) is 161 cm³/mol. The van der Waals surface area contributed by atoms with Gasteiger partial charge in [-0.3, -0.25) is 9.69 Å². The summed E-state index contributed by atoms with van der Waals surface area (Å²) in [6, 6.07) is 13.0. The van der Waals surface area contributed by atoms with Crippen LogP contribution in [0.2, 0.25) is 0 Å². The smallest absolute Gasteiger partial charge is 0.339 e. The topological polar surface area (TPSA) is 59.8 Å². The van der Waals surface area contributed by atoms with Crippen LogP contribution < -0.4 is 0 Å². The summed E-state index contributed by atoms with van der Waals surface area (Å²) in [5.41, 5.74) is 3.01. The highest BCUT2D eigenvalue weighted by molar-refractivity contribution is 6.20. The highest BCUT2D eigenvalue weighted by Gasteiger charge is 2.26. The molecule has 0 aliphatic carbocycles. The molecule has 39 heavy (non-hydrogen) atoms. The number of hydrogen-bond donors (Lipinski definition) is 0. The number of rotatable bonds is 16. The molecular formula is C34H45NO4. The monoisotopic (exact) mass is 531 g/mol. The van der Waals surface area contributed by atoms with Crippen LogP contribution in [0.4, 0.5) is 0 Å². The minimum absolute atomic E-state index is 0.134. The Balaban J connectivity index is 1.87. The molecule has 210 valence electrons. The lowest BCUT2D eigenvalue weighted by atomic mass is 9.95. The minimum Gasteiger partial charge on any atom is -0.460 e. The summed E-state index contributed by atoms with van der Waals surface area (Å²) < 4.78 is 11.6. The van der Waals surface area contributed by atoms with E-state index in [9.17, 15) is 9.59 Å². The summed E-state index contributed by atoms with van der Waals surface area (Å²) in [5, 5.41) is 0.544. The van der Waals surface area contributed by atoms with Gasteiger partial charge in [0.1, 0.15) is 11.3 Å². The number of esters is 1. The molecule has 5 nitrogen and oxygen atoms in total. The second-order valence-electron chi connectivity index (χ2n) is 10.5. The van der Waals surface area contributed by atoms with Crippen molar-refractivity contribution < 1.29 is 18.7 Å². The van der Waals surface area contributed by atoms with Gasteiger partial charge in [0, 0.05) is 23.9 Å². The van der Waals surface area contributed by atoms with E-state index in [1.807, 2.05) is 44.2 Å². The molecule has 0 aliphatic rings. The lowest BCUT2D eigenvalue weighted by Crippen LogP contribution is -2.26. The maximum Gasteiger partial charge on any atom is 0.339 e. The van der Waals surface area contributed by atoms with Gasteiger partial charge in [-0.1, -0.05) is 82.5 Å². The van der Waals surface area contributed by atoms with Crippen molar-refractivity contribution in [2.75, 3.05) is 19.6 Å². The van der Waals surface area contributed by atoms with Crippen LogP contribution in [0.3, 0.4) is 0 Å². The van der Waals surface area contributed by atoms with Crippen molar-refractivity contribution in [1.29, 1.82) is 0 Å². The fraction of sp³-hybridized carbons (Fsp3) is 0.471. The first-order valence-corrected chi connectivity index (χ1v) is 14.7. The van der Waals surface area contributed by atoms with Gasteiger partial charge in [0.05, 0.1) is 17.2 Å². The summed E-state index contributed by atoms with van der Waals surface area (Å²) in [7, 11) is 0. The standard InChI is InChI=1S/C34H45NO4/c1-6-9-16-30-32(31-28(34(37)38-25(4)5)15-12-17-29(31)39-30)33(36)27-20-18-26(19-21-27)14-13-24-35(22-10-7-2)23-11-8-3/h12-15,17-21,25H,6-11,16,22-24H2,1-5H3/b14-13+. The predicted octanol–water partition coefficient (Wildman–Crippen LogP) is 8.49. The lowest BCUT2D eigenvalue weighted by Gasteiger charge is -2.19. The van der Waals surface area contributed by atoms with Crippen molar-refractivity contribution in [3.63, 3.8) is 0 Å². The van der Waals surface area contributed by atoms with Crippen molar-refractivity contribution in [2.24, 2.45) is 0 Å². The number of benzene rings is 2. The van der Waals surface area contributed by atoms with Crippen molar-refractivity contribution in [3.05, 3.63) is 76.6 Å². The van der Waals surface area contributed by atoms with Crippen molar-refractivity contribution >= 4 is 28.8 Å². The molecule has 0 unspecified atom stereocenters. The molecule has 0 amide bonds. The molecule has 3 aromatic rings. The molecule has 0 radical (unpaired) electrons. The molecule has 0 spiro atoms. The van der Waals surface area contributed by atoms with Gasteiger partial charge in [0.2, 0.25) is 0 Å². The average Bonchev–Trinajstić information content (AvgIpc) is 3.31. The van der Waals surface area contributed by atoms with Gasteiger partial charge in [-0.25, -0.2) is 4.79 Å². The number of carbonyl (C=O) groups excluding carboxylic acids is 2. The molecule has 0 atom stereocenters. The second kappa shape index (κ2) is 15.4. The molecule has 2 aromatic carbocycles. The first-order chi connectivity index (χ1) is 18.9. The molecule has 5 heteroatoms. The van der Waals surface area contributed by atoms with Crippen LogP contribution in [-0.4, -0.2) is 42.4 Å². The molecule has 0 fully saturated rings. The maximum absolute atomic E-state index is 13.9. The number of carbonyl (C=O) groups is 2. The fourth-order valence-corrected chi connectivity index (χ4v) is 4.68. The lowest BCUT2D eigenvalue weighted by molar-refractivity contribution is 0.0380. The Morgan fingerprint density at radius 2 is 1.59 bits per heavy atom. The molecule has 0 saturated carbocycles. The van der Waals surface area contributed by atoms with Gasteiger partial charge < -0.3 is 9.15 Å². The van der Waals surface area contributed by atoms with E-state index in [2.05, 4.69) is 37.8 Å². The van der Waals surface area contributed by atoms with Gasteiger partial charge >= 0.3 is 5.97 Å². The van der Waals surface area contributed by atoms with E-state index in [1.165, 1.54) is 25.7 Å². The second-order valence-corrected chi connectivity index (χ2v) is 10.5. The molecule has 0 bridgehead atoms. The molecule has 0 aliphatic heterocycles. The summed E-state index contributed by atoms with van der Waals surface area (Å²) in [5.74, 6) is 0.0512. The van der Waals surface area contributed by atoms with E-state index in [1.54, 1.807) is 12.1 Å². The molecular weight excluding hydrogens is 486 g/mol. The van der Waals surface area contributed by atoms with Gasteiger partial charge in [-0.05, 0) is 63.9 Å². The van der Waals surface area contributed by atoms with Gasteiger partial charge in [-0.2, -0.15) is 0 Å². The van der Waals surface area contributed by atoms with Crippen LogP contribution in [-0.2, 0) is 11.2 Å². The van der Waals surface area contributed by atoms with Crippen molar-refractivity contribution in [3.8, 4) is 0 Å². The molecule has 0 N–H and O–H groups in total. The quantitative estimate of drug-likeness (QED) is 0.137. The van der Waals surface area contributed by atoms with Crippen LogP contribution in [0.25, 0.3) is 17.0 Å². The van der Waals surface area contributed by atoms with Crippen LogP contribution in [0.1, 0.15) is 111 Å². The molecule has 1 aromatic heterocycles. The number of unbranched alkanes of at least 4 members (excludes halogenated alkanes) is 3. The summed E-state index contributed by atoms with van der Waals surface area (Å²) >= 11 is 0. The van der Waals surface area contributed by atoms with Crippen molar-refractivity contribution in [1.82, 2.24) is 4.90 Å². The summed E-state index contributed by atoms with van der Waals surface area (Å²) in [6.45, 7) is 13.4. The Bertz CT molecular complexity index is 1230. The SMILES string of the molecule is CCCCc1oc2cccc(C(=O)OC(C)C)c2c1C(=O)c1ccc(/C=C/CN(CCCC)CCCC)cc1. The van der Waals surface area contributed by atoms with E-state index in [0.29, 0.717) is 39.8 Å². The van der Waals surface area contributed by atoms with Crippen molar-refractivity contribution in [2.45, 2.75) is 85.7 Å². The van der Waals surface area contributed by atoms with E-state index < -0.39 is 5.97 Å². The first kappa shape index (κ1) is 30.4. The molecule has 1 heterocycles. The zero-order valence-corrected chi connectivity index (χ0v) is 24.4. The van der Waals surface area contributed by atoms with Gasteiger partial charge in [-0.15, -0.1) is 0 Å². The van der Waals surface area contributed by atoms with E-state index in [-0.39, 0.29) is 11.9 Å². The van der Waals surface area contributed by atoms with E-state index >= 15 is 0 Å².